The average Bonchev–Trinajstić information content (AvgIpc) is 2.94. The van der Waals surface area contributed by atoms with Gasteiger partial charge >= 0.3 is 5.97 Å². The Bertz CT molecular complexity index is 910. The van der Waals surface area contributed by atoms with Crippen LogP contribution in [-0.2, 0) is 36.5 Å². The number of ether oxygens (including phenoxy) is 1. The number of alkyl halides is 1. The summed E-state index contributed by atoms with van der Waals surface area (Å²) in [4.78, 5) is 47.4. The van der Waals surface area contributed by atoms with E-state index in [1.165, 1.54) is 36.1 Å². The van der Waals surface area contributed by atoms with E-state index in [4.69, 9.17) is 16.3 Å². The van der Waals surface area contributed by atoms with Gasteiger partial charge in [-0.1, -0.05) is 0 Å². The molecular weight excluding hydrogens is 438 g/mol. The Kier molecular flexibility index (Phi) is 6.41. The highest BCUT2D eigenvalue weighted by molar-refractivity contribution is 7.88. The number of esters is 1. The largest absolute Gasteiger partial charge is 0.459 e. The van der Waals surface area contributed by atoms with Gasteiger partial charge in [-0.25, -0.2) is 4.79 Å². The molecule has 12 heteroatoms. The van der Waals surface area contributed by atoms with Gasteiger partial charge in [0.2, 0.25) is 11.8 Å². The highest BCUT2D eigenvalue weighted by Gasteiger charge is 2.64. The van der Waals surface area contributed by atoms with Gasteiger partial charge in [-0.05, 0) is 17.7 Å². The molecule has 2 aliphatic heterocycles. The number of rotatable bonds is 8. The van der Waals surface area contributed by atoms with Crippen molar-refractivity contribution in [1.29, 1.82) is 0 Å². The molecule has 10 nitrogen and oxygen atoms in total. The lowest BCUT2D eigenvalue weighted by Gasteiger charge is -2.38. The van der Waals surface area contributed by atoms with Crippen LogP contribution in [0, 0.1) is 10.1 Å². The summed E-state index contributed by atoms with van der Waals surface area (Å²) < 4.78 is 16.7. The maximum Gasteiger partial charge on any atom is 0.332 e. The molecule has 0 saturated carbocycles. The van der Waals surface area contributed by atoms with Crippen molar-refractivity contribution in [3.05, 3.63) is 39.9 Å². The molecule has 3 rings (SSSR count). The van der Waals surface area contributed by atoms with E-state index in [1.807, 2.05) is 0 Å². The lowest BCUT2D eigenvalue weighted by Crippen LogP contribution is -2.58. The number of β-lactam (4-membered cyclic amide) rings is 1. The molecule has 0 aliphatic carbocycles. The van der Waals surface area contributed by atoms with Gasteiger partial charge in [-0.3, -0.25) is 23.9 Å². The molecule has 2 saturated heterocycles. The monoisotopic (exact) mass is 457 g/mol. The standard InChI is InChI=1S/C18H20ClN3O7S/c1-11(23)20-6-7-30(28)18(19)9-14-8-15(24)21(14)16(18)17(25)29-10-12-2-4-13(5-3-12)22(26)27/h2-5,14,16H,6-10H2,1H3,(H,20,23). The molecule has 2 heterocycles. The molecule has 4 unspecified atom stereocenters. The second-order valence-electron chi connectivity index (χ2n) is 7.12. The van der Waals surface area contributed by atoms with E-state index >= 15 is 0 Å². The van der Waals surface area contributed by atoms with Crippen LogP contribution < -0.4 is 5.32 Å². The van der Waals surface area contributed by atoms with Crippen LogP contribution in [0.1, 0.15) is 25.3 Å². The molecule has 30 heavy (non-hydrogen) atoms. The molecule has 2 aliphatic rings. The third-order valence-corrected chi connectivity index (χ3v) is 7.68. The zero-order valence-electron chi connectivity index (χ0n) is 16.0. The maximum atomic E-state index is 12.9. The molecule has 0 aromatic heterocycles. The number of hydrogen-bond acceptors (Lipinski definition) is 7. The van der Waals surface area contributed by atoms with Crippen molar-refractivity contribution >= 4 is 45.9 Å². The van der Waals surface area contributed by atoms with Crippen LogP contribution in [0.3, 0.4) is 0 Å². The number of fused-ring (bicyclic) bond motifs is 1. The van der Waals surface area contributed by atoms with Crippen LogP contribution >= 0.6 is 11.6 Å². The molecule has 0 spiro atoms. The number of hydrogen-bond donors (Lipinski definition) is 1. The zero-order chi connectivity index (χ0) is 22.1. The summed E-state index contributed by atoms with van der Waals surface area (Å²) in [5.41, 5.74) is 0.426. The lowest BCUT2D eigenvalue weighted by atomic mass is 10.0. The van der Waals surface area contributed by atoms with Crippen LogP contribution in [0.25, 0.3) is 0 Å². The fourth-order valence-corrected chi connectivity index (χ4v) is 5.67. The number of amides is 2. The van der Waals surface area contributed by atoms with Gasteiger partial charge in [-0.15, -0.1) is 11.6 Å². The number of carbonyl (C=O) groups excluding carboxylic acids is 3. The summed E-state index contributed by atoms with van der Waals surface area (Å²) in [5.74, 6) is -1.30. The Morgan fingerprint density at radius 3 is 2.63 bits per heavy atom. The number of halogens is 1. The zero-order valence-corrected chi connectivity index (χ0v) is 17.6. The predicted molar refractivity (Wildman–Crippen MR) is 107 cm³/mol. The van der Waals surface area contributed by atoms with Crippen molar-refractivity contribution in [1.82, 2.24) is 10.2 Å². The molecule has 0 bridgehead atoms. The highest BCUT2D eigenvalue weighted by Crippen LogP contribution is 2.48. The topological polar surface area (TPSA) is 136 Å². The number of benzene rings is 1. The Morgan fingerprint density at radius 2 is 2.07 bits per heavy atom. The number of nitro benzene ring substituents is 1. The molecule has 4 atom stereocenters. The van der Waals surface area contributed by atoms with E-state index in [0.29, 0.717) is 5.56 Å². The fourth-order valence-electron chi connectivity index (χ4n) is 3.61. The van der Waals surface area contributed by atoms with Crippen molar-refractivity contribution in [2.24, 2.45) is 0 Å². The van der Waals surface area contributed by atoms with Crippen molar-refractivity contribution < 1.29 is 28.3 Å². The molecular formula is C18H20ClN3O7S. The van der Waals surface area contributed by atoms with Crippen molar-refractivity contribution in [2.75, 3.05) is 12.3 Å². The van der Waals surface area contributed by atoms with Crippen LogP contribution in [0.15, 0.2) is 24.3 Å². The minimum atomic E-state index is -1.72. The van der Waals surface area contributed by atoms with E-state index in [1.54, 1.807) is 0 Å². The summed E-state index contributed by atoms with van der Waals surface area (Å²) in [6.07, 6.45) is 0.410. The summed E-state index contributed by atoms with van der Waals surface area (Å²) in [7, 11) is -1.72. The Morgan fingerprint density at radius 1 is 1.40 bits per heavy atom. The third-order valence-electron chi connectivity index (χ3n) is 5.08. The molecule has 2 amide bonds. The highest BCUT2D eigenvalue weighted by atomic mass is 35.5. The molecule has 1 N–H and O–H groups in total. The quantitative estimate of drug-likeness (QED) is 0.201. The SMILES string of the molecule is CC(=O)NCCS(=O)C1(Cl)CC2CC(=O)N2C1C(=O)OCc1ccc([N+](=O)[O-])cc1. The lowest BCUT2D eigenvalue weighted by molar-refractivity contribution is -0.384. The Balaban J connectivity index is 1.70. The van der Waals surface area contributed by atoms with Crippen LogP contribution in [0.2, 0.25) is 0 Å². The smallest absolute Gasteiger partial charge is 0.332 e. The van der Waals surface area contributed by atoms with E-state index < -0.39 is 31.9 Å². The first-order valence-electron chi connectivity index (χ1n) is 9.16. The van der Waals surface area contributed by atoms with E-state index in [0.717, 1.165) is 0 Å². The van der Waals surface area contributed by atoms with Gasteiger partial charge in [0.05, 0.1) is 4.92 Å². The number of carbonyl (C=O) groups is 3. The Hall–Kier alpha value is -2.53. The van der Waals surface area contributed by atoms with Crippen LogP contribution in [0.4, 0.5) is 5.69 Å². The summed E-state index contributed by atoms with van der Waals surface area (Å²) in [6, 6.07) is 4.00. The van der Waals surface area contributed by atoms with Gasteiger partial charge in [0.25, 0.3) is 5.69 Å². The van der Waals surface area contributed by atoms with Gasteiger partial charge in [0.15, 0.2) is 10.2 Å². The molecule has 1 aromatic rings. The second-order valence-corrected chi connectivity index (χ2v) is 9.84. The van der Waals surface area contributed by atoms with E-state index in [9.17, 15) is 28.7 Å². The average molecular weight is 458 g/mol. The number of nitrogens with zero attached hydrogens (tertiary/aromatic N) is 2. The number of nitro groups is 1. The summed E-state index contributed by atoms with van der Waals surface area (Å²) in [6.45, 7) is 1.28. The third kappa shape index (κ3) is 4.31. The van der Waals surface area contributed by atoms with Crippen molar-refractivity contribution in [3.63, 3.8) is 0 Å². The van der Waals surface area contributed by atoms with Crippen molar-refractivity contribution in [3.8, 4) is 0 Å². The van der Waals surface area contributed by atoms with Crippen molar-refractivity contribution in [2.45, 2.75) is 42.7 Å². The molecule has 162 valence electrons. The first kappa shape index (κ1) is 22.2. The van der Waals surface area contributed by atoms with Crippen LogP contribution in [-0.4, -0.2) is 60.4 Å². The maximum absolute atomic E-state index is 12.9. The summed E-state index contributed by atoms with van der Waals surface area (Å²) in [5, 5.41) is 13.3. The van der Waals surface area contributed by atoms with E-state index in [-0.39, 0.29) is 55.3 Å². The second kappa shape index (κ2) is 8.68. The normalized spacial score (nSPS) is 25.8. The number of non-ortho nitro benzene ring substituents is 1. The molecule has 1 aromatic carbocycles. The first-order chi connectivity index (χ1) is 14.1. The molecule has 0 radical (unpaired) electrons. The Labute approximate surface area is 179 Å². The fraction of sp³-hybridized carbons (Fsp3) is 0.500. The van der Waals surface area contributed by atoms with Gasteiger partial charge in [-0.2, -0.15) is 0 Å². The van der Waals surface area contributed by atoms with Gasteiger partial charge < -0.3 is 15.0 Å². The van der Waals surface area contributed by atoms with Gasteiger partial charge in [0, 0.05) is 61.0 Å². The minimum Gasteiger partial charge on any atom is -0.459 e. The molecule has 2 fully saturated rings. The van der Waals surface area contributed by atoms with Crippen LogP contribution in [0.5, 0.6) is 0 Å². The van der Waals surface area contributed by atoms with Gasteiger partial charge in [0.1, 0.15) is 6.61 Å². The number of nitrogens with one attached hydrogen (secondary N) is 1. The van der Waals surface area contributed by atoms with E-state index in [2.05, 4.69) is 5.32 Å². The predicted octanol–water partition coefficient (Wildman–Crippen LogP) is 0.831. The minimum absolute atomic E-state index is 0.0317. The first-order valence-corrected chi connectivity index (χ1v) is 10.9. The summed E-state index contributed by atoms with van der Waals surface area (Å²) >= 11 is 6.65.